The average molecular weight is 654 g/mol. The molecule has 0 atom stereocenters. The average Bonchev–Trinajstić information content (AvgIpc) is 3.21. The van der Waals surface area contributed by atoms with Gasteiger partial charge < -0.3 is 4.90 Å². The minimum atomic E-state index is 1.09. The number of nitrogens with zero attached hydrogens (tertiary/aromatic N) is 1. The summed E-state index contributed by atoms with van der Waals surface area (Å²) < 4.78 is 0. The molecule has 1 heteroatoms. The number of hydrogen-bond acceptors (Lipinski definition) is 1. The van der Waals surface area contributed by atoms with Crippen molar-refractivity contribution >= 4 is 40.4 Å². The summed E-state index contributed by atoms with van der Waals surface area (Å²) in [5.74, 6) is 0. The molecule has 0 heterocycles. The Labute approximate surface area is 302 Å². The third-order valence-electron chi connectivity index (χ3n) is 8.79. The maximum Gasteiger partial charge on any atom is 0.0540 e. The Hall–Kier alpha value is -6.70. The first-order valence-corrected chi connectivity index (χ1v) is 17.4. The van der Waals surface area contributed by atoms with E-state index in [-0.39, 0.29) is 0 Å². The molecule has 0 N–H and O–H groups in total. The van der Waals surface area contributed by atoms with E-state index in [9.17, 15) is 0 Å². The zero-order valence-corrected chi connectivity index (χ0v) is 28.5. The van der Waals surface area contributed by atoms with E-state index in [1.807, 2.05) is 0 Å². The maximum absolute atomic E-state index is 2.34. The van der Waals surface area contributed by atoms with Crippen molar-refractivity contribution < 1.29 is 0 Å². The number of allylic oxidation sites excluding steroid dienone is 4. The van der Waals surface area contributed by atoms with Crippen LogP contribution in [0.15, 0.2) is 224 Å². The van der Waals surface area contributed by atoms with Gasteiger partial charge in [-0.2, -0.15) is 0 Å². The molecule has 51 heavy (non-hydrogen) atoms. The number of benzene rings is 7. The van der Waals surface area contributed by atoms with E-state index in [2.05, 4.69) is 242 Å². The van der Waals surface area contributed by atoms with Crippen LogP contribution in [0.1, 0.15) is 33.4 Å². The fourth-order valence-electron chi connectivity index (χ4n) is 6.35. The van der Waals surface area contributed by atoms with Crippen molar-refractivity contribution in [3.05, 3.63) is 258 Å². The van der Waals surface area contributed by atoms with Crippen LogP contribution in [0.25, 0.3) is 23.3 Å². The van der Waals surface area contributed by atoms with Crippen LogP contribution in [0.2, 0.25) is 0 Å². The molecule has 0 amide bonds. The van der Waals surface area contributed by atoms with Crippen molar-refractivity contribution in [1.82, 2.24) is 0 Å². The lowest BCUT2D eigenvalue weighted by Crippen LogP contribution is -2.11. The molecule has 0 spiro atoms. The summed E-state index contributed by atoms with van der Waals surface area (Å²) in [6.07, 6.45) is 13.3. The molecule has 0 bridgehead atoms. The van der Waals surface area contributed by atoms with Crippen LogP contribution in [0.4, 0.5) is 17.1 Å². The smallest absolute Gasteiger partial charge is 0.0540 e. The predicted molar refractivity (Wildman–Crippen MR) is 219 cm³/mol. The Bertz CT molecular complexity index is 2130. The van der Waals surface area contributed by atoms with Gasteiger partial charge in [-0.1, -0.05) is 206 Å². The topological polar surface area (TPSA) is 3.24 Å². The highest BCUT2D eigenvalue weighted by atomic mass is 15.1. The number of rotatable bonds is 11. The summed E-state index contributed by atoms with van der Waals surface area (Å²) in [5, 5.41) is 0. The van der Waals surface area contributed by atoms with Gasteiger partial charge in [0.15, 0.2) is 0 Å². The zero-order chi connectivity index (χ0) is 34.5. The fourth-order valence-corrected chi connectivity index (χ4v) is 6.35. The lowest BCUT2D eigenvalue weighted by molar-refractivity contribution is 1.27. The summed E-state index contributed by atoms with van der Waals surface area (Å²) in [4.78, 5) is 2.34. The lowest BCUT2D eigenvalue weighted by Gasteiger charge is -2.27. The molecule has 0 radical (unpaired) electrons. The highest BCUT2D eigenvalue weighted by molar-refractivity contribution is 5.88. The monoisotopic (exact) mass is 653 g/mol. The third-order valence-corrected chi connectivity index (χ3v) is 8.79. The molecule has 0 saturated heterocycles. The van der Waals surface area contributed by atoms with Crippen LogP contribution in [0, 0.1) is 0 Å². The van der Waals surface area contributed by atoms with Crippen molar-refractivity contribution in [3.63, 3.8) is 0 Å². The van der Waals surface area contributed by atoms with Gasteiger partial charge in [-0.15, -0.1) is 0 Å². The molecule has 0 saturated carbocycles. The SMILES string of the molecule is C(=Cc1cccc(N(c2ccccc2)c2ccccc2)c1C=CC=C(c1ccccc1)c1ccccc1)C=C(c1ccccc1)c1ccccc1. The van der Waals surface area contributed by atoms with Crippen LogP contribution in [0.5, 0.6) is 0 Å². The van der Waals surface area contributed by atoms with E-state index in [0.717, 1.165) is 28.2 Å². The van der Waals surface area contributed by atoms with E-state index in [1.165, 1.54) is 33.4 Å². The van der Waals surface area contributed by atoms with Crippen LogP contribution in [-0.4, -0.2) is 0 Å². The van der Waals surface area contributed by atoms with Crippen LogP contribution in [-0.2, 0) is 0 Å². The highest BCUT2D eigenvalue weighted by Crippen LogP contribution is 2.39. The minimum absolute atomic E-state index is 1.09. The molecule has 244 valence electrons. The van der Waals surface area contributed by atoms with Crippen molar-refractivity contribution in [1.29, 1.82) is 0 Å². The van der Waals surface area contributed by atoms with Gasteiger partial charge in [0, 0.05) is 16.9 Å². The second-order valence-corrected chi connectivity index (χ2v) is 12.1. The molecule has 0 aromatic heterocycles. The minimum Gasteiger partial charge on any atom is -0.310 e. The molecule has 7 aromatic rings. The van der Waals surface area contributed by atoms with E-state index in [1.54, 1.807) is 0 Å². The first kappa shape index (κ1) is 32.8. The summed E-state index contributed by atoms with van der Waals surface area (Å²) in [7, 11) is 0. The Balaban J connectivity index is 1.38. The van der Waals surface area contributed by atoms with Gasteiger partial charge in [0.1, 0.15) is 0 Å². The van der Waals surface area contributed by atoms with Gasteiger partial charge in [0.2, 0.25) is 0 Å². The third kappa shape index (κ3) is 8.13. The normalized spacial score (nSPS) is 11.0. The first-order chi connectivity index (χ1) is 25.3. The van der Waals surface area contributed by atoms with Gasteiger partial charge in [0.25, 0.3) is 0 Å². The summed E-state index contributed by atoms with van der Waals surface area (Å²) in [5.41, 5.74) is 12.6. The van der Waals surface area contributed by atoms with Crippen LogP contribution >= 0.6 is 0 Å². The van der Waals surface area contributed by atoms with Crippen molar-refractivity contribution in [3.8, 4) is 0 Å². The molecular weight excluding hydrogens is 615 g/mol. The first-order valence-electron chi connectivity index (χ1n) is 17.4. The second kappa shape index (κ2) is 16.6. The highest BCUT2D eigenvalue weighted by Gasteiger charge is 2.16. The molecule has 0 fully saturated rings. The van der Waals surface area contributed by atoms with Crippen molar-refractivity contribution in [2.45, 2.75) is 0 Å². The molecule has 0 aliphatic rings. The van der Waals surface area contributed by atoms with E-state index in [4.69, 9.17) is 0 Å². The Morgan fingerprint density at radius 1 is 0.333 bits per heavy atom. The molecule has 1 nitrogen and oxygen atoms in total. The second-order valence-electron chi connectivity index (χ2n) is 12.1. The van der Waals surface area contributed by atoms with Gasteiger partial charge in [-0.3, -0.25) is 0 Å². The van der Waals surface area contributed by atoms with Crippen LogP contribution < -0.4 is 4.90 Å². The zero-order valence-electron chi connectivity index (χ0n) is 28.5. The Morgan fingerprint density at radius 2 is 0.686 bits per heavy atom. The Kier molecular flexibility index (Phi) is 10.7. The van der Waals surface area contributed by atoms with E-state index >= 15 is 0 Å². The van der Waals surface area contributed by atoms with Gasteiger partial charge in [-0.25, -0.2) is 0 Å². The molecule has 0 unspecified atom stereocenters. The van der Waals surface area contributed by atoms with E-state index < -0.39 is 0 Å². The Morgan fingerprint density at radius 3 is 1.08 bits per heavy atom. The number of para-hydroxylation sites is 2. The fraction of sp³-hybridized carbons (Fsp3) is 0. The molecule has 7 aromatic carbocycles. The quantitative estimate of drug-likeness (QED) is 0.126. The van der Waals surface area contributed by atoms with Crippen molar-refractivity contribution in [2.75, 3.05) is 4.90 Å². The lowest BCUT2D eigenvalue weighted by atomic mass is 9.96. The molecule has 7 rings (SSSR count). The summed E-state index contributed by atoms with van der Waals surface area (Å²) >= 11 is 0. The van der Waals surface area contributed by atoms with E-state index in [0.29, 0.717) is 0 Å². The molecule has 0 aliphatic carbocycles. The van der Waals surface area contributed by atoms with Crippen molar-refractivity contribution in [2.24, 2.45) is 0 Å². The number of anilines is 3. The summed E-state index contributed by atoms with van der Waals surface area (Å²) in [6, 6.07) is 70.1. The standard InChI is InChI=1S/C50H39N/c1-7-22-40(23-8-1)47(41-24-9-2-10-25-41)36-19-30-44-31-20-39-50(51(45-32-15-5-16-33-45)46-34-17-6-18-35-46)49(44)38-21-37-48(42-26-11-3-12-27-42)43-28-13-4-14-29-43/h1-39H. The molecular formula is C50H39N. The summed E-state index contributed by atoms with van der Waals surface area (Å²) in [6.45, 7) is 0. The van der Waals surface area contributed by atoms with Gasteiger partial charge in [-0.05, 0) is 69.3 Å². The largest absolute Gasteiger partial charge is 0.310 e. The number of hydrogen-bond donors (Lipinski definition) is 0. The van der Waals surface area contributed by atoms with Gasteiger partial charge in [0.05, 0.1) is 5.69 Å². The predicted octanol–water partition coefficient (Wildman–Crippen LogP) is 13.4. The molecule has 0 aliphatic heterocycles. The maximum atomic E-state index is 2.34. The van der Waals surface area contributed by atoms with Crippen LogP contribution in [0.3, 0.4) is 0 Å². The van der Waals surface area contributed by atoms with Gasteiger partial charge >= 0.3 is 0 Å².